The molecule has 176 valence electrons. The first-order valence-electron chi connectivity index (χ1n) is 10.7. The van der Waals surface area contributed by atoms with Crippen LogP contribution in [-0.2, 0) is 33.6 Å². The Morgan fingerprint density at radius 2 is 1.62 bits per heavy atom. The number of benzene rings is 2. The van der Waals surface area contributed by atoms with Gasteiger partial charge in [0.05, 0.1) is 25.5 Å². The zero-order valence-corrected chi connectivity index (χ0v) is 21.9. The summed E-state index contributed by atoms with van der Waals surface area (Å²) in [6, 6.07) is 15.8. The van der Waals surface area contributed by atoms with Crippen LogP contribution in [0.25, 0.3) is 0 Å². The van der Waals surface area contributed by atoms with Crippen LogP contribution < -0.4 is 10.6 Å². The van der Waals surface area contributed by atoms with Crippen LogP contribution in [0.2, 0.25) is 0 Å². The summed E-state index contributed by atoms with van der Waals surface area (Å²) < 4.78 is 32.5. The Labute approximate surface area is 208 Å². The zero-order chi connectivity index (χ0) is 22.1. The van der Waals surface area contributed by atoms with E-state index in [9.17, 15) is 8.42 Å². The maximum Gasteiger partial charge on any atom is 0.218 e. The van der Waals surface area contributed by atoms with E-state index in [0.29, 0.717) is 45.4 Å². The Hall–Kier alpha value is -1.69. The smallest absolute Gasteiger partial charge is 0.218 e. The normalized spacial score (nSPS) is 15.1. The second-order valence-corrected chi connectivity index (χ2v) is 9.48. The molecular weight excluding hydrogens is 539 g/mol. The quantitative estimate of drug-likeness (QED) is 0.289. The molecule has 0 spiro atoms. The van der Waals surface area contributed by atoms with Gasteiger partial charge in [0.15, 0.2) is 5.96 Å². The SMILES string of the molecule is CCNC(=NCc1ccccc1CS(=O)(=O)N1CCOCC1)NCc1ccccc1C.I. The Balaban J connectivity index is 0.00000363. The Bertz CT molecular complexity index is 992. The highest BCUT2D eigenvalue weighted by Gasteiger charge is 2.25. The number of nitrogens with zero attached hydrogens (tertiary/aromatic N) is 2. The van der Waals surface area contributed by atoms with Crippen molar-refractivity contribution in [1.29, 1.82) is 0 Å². The van der Waals surface area contributed by atoms with Crippen molar-refractivity contribution >= 4 is 40.0 Å². The number of morpholine rings is 1. The number of guanidine groups is 1. The van der Waals surface area contributed by atoms with E-state index in [1.54, 1.807) is 0 Å². The summed E-state index contributed by atoms with van der Waals surface area (Å²) in [5.74, 6) is 0.683. The van der Waals surface area contributed by atoms with E-state index >= 15 is 0 Å². The van der Waals surface area contributed by atoms with Crippen LogP contribution in [0.1, 0.15) is 29.2 Å². The van der Waals surface area contributed by atoms with Crippen LogP contribution in [0.15, 0.2) is 53.5 Å². The zero-order valence-electron chi connectivity index (χ0n) is 18.7. The van der Waals surface area contributed by atoms with Gasteiger partial charge in [-0.1, -0.05) is 48.5 Å². The minimum Gasteiger partial charge on any atom is -0.379 e. The van der Waals surface area contributed by atoms with E-state index in [-0.39, 0.29) is 29.7 Å². The topological polar surface area (TPSA) is 83.0 Å². The summed E-state index contributed by atoms with van der Waals surface area (Å²) in [5, 5.41) is 6.63. The van der Waals surface area contributed by atoms with Crippen LogP contribution >= 0.6 is 24.0 Å². The summed E-state index contributed by atoms with van der Waals surface area (Å²) in [6.45, 7) is 7.65. The third-order valence-electron chi connectivity index (χ3n) is 5.28. The van der Waals surface area contributed by atoms with E-state index in [1.807, 2.05) is 43.3 Å². The molecule has 1 aliphatic heterocycles. The van der Waals surface area contributed by atoms with Crippen LogP contribution in [0.3, 0.4) is 0 Å². The highest BCUT2D eigenvalue weighted by molar-refractivity contribution is 14.0. The minimum absolute atomic E-state index is 0. The van der Waals surface area contributed by atoms with Crippen LogP contribution in [0, 0.1) is 6.92 Å². The Morgan fingerprint density at radius 1 is 1.00 bits per heavy atom. The first-order valence-corrected chi connectivity index (χ1v) is 12.3. The fourth-order valence-electron chi connectivity index (χ4n) is 3.46. The molecule has 0 unspecified atom stereocenters. The summed E-state index contributed by atoms with van der Waals surface area (Å²) in [7, 11) is -3.39. The van der Waals surface area contributed by atoms with Gasteiger partial charge in [0, 0.05) is 26.2 Å². The first-order chi connectivity index (χ1) is 15.0. The van der Waals surface area contributed by atoms with Gasteiger partial charge in [-0.3, -0.25) is 0 Å². The predicted octanol–water partition coefficient (Wildman–Crippen LogP) is 3.03. The molecule has 9 heteroatoms. The lowest BCUT2D eigenvalue weighted by Gasteiger charge is -2.26. The van der Waals surface area contributed by atoms with Gasteiger partial charge in [0.2, 0.25) is 10.0 Å². The van der Waals surface area contributed by atoms with Crippen LogP contribution in [-0.4, -0.2) is 51.5 Å². The molecule has 1 heterocycles. The van der Waals surface area contributed by atoms with Crippen molar-refractivity contribution in [3.8, 4) is 0 Å². The van der Waals surface area contributed by atoms with E-state index in [4.69, 9.17) is 9.73 Å². The van der Waals surface area contributed by atoms with Gasteiger partial charge in [-0.2, -0.15) is 4.31 Å². The number of hydrogen-bond acceptors (Lipinski definition) is 4. The number of rotatable bonds is 8. The third-order valence-corrected chi connectivity index (χ3v) is 7.11. The monoisotopic (exact) mass is 572 g/mol. The molecule has 2 N–H and O–H groups in total. The average Bonchev–Trinajstić information content (AvgIpc) is 2.78. The molecular formula is C23H33IN4O3S. The van der Waals surface area contributed by atoms with E-state index in [0.717, 1.165) is 17.7 Å². The number of halogens is 1. The lowest BCUT2D eigenvalue weighted by atomic mass is 10.1. The molecule has 0 aliphatic carbocycles. The molecule has 32 heavy (non-hydrogen) atoms. The fourth-order valence-corrected chi connectivity index (χ4v) is 5.02. The predicted molar refractivity (Wildman–Crippen MR) is 140 cm³/mol. The average molecular weight is 573 g/mol. The van der Waals surface area contributed by atoms with Crippen molar-refractivity contribution in [3.63, 3.8) is 0 Å². The lowest BCUT2D eigenvalue weighted by molar-refractivity contribution is 0.0729. The van der Waals surface area contributed by atoms with Gasteiger partial charge >= 0.3 is 0 Å². The summed E-state index contributed by atoms with van der Waals surface area (Å²) in [6.07, 6.45) is 0. The molecule has 1 saturated heterocycles. The number of hydrogen-bond donors (Lipinski definition) is 2. The standard InChI is InChI=1S/C23H32N4O3S.HI/c1-3-24-23(25-16-20-9-5-4-8-19(20)2)26-17-21-10-6-7-11-22(21)18-31(28,29)27-12-14-30-15-13-27;/h4-11H,3,12-18H2,1-2H3,(H2,24,25,26);1H. The van der Waals surface area contributed by atoms with Gasteiger partial charge in [0.25, 0.3) is 0 Å². The number of aliphatic imine (C=N–C) groups is 1. The van der Waals surface area contributed by atoms with Gasteiger partial charge in [-0.05, 0) is 36.1 Å². The Kier molecular flexibility index (Phi) is 10.9. The molecule has 3 rings (SSSR count). The van der Waals surface area contributed by atoms with Crippen molar-refractivity contribution in [2.45, 2.75) is 32.7 Å². The molecule has 2 aromatic rings. The van der Waals surface area contributed by atoms with E-state index in [2.05, 4.69) is 29.7 Å². The molecule has 1 fully saturated rings. The number of aryl methyl sites for hydroxylation is 1. The lowest BCUT2D eigenvalue weighted by Crippen LogP contribution is -2.41. The van der Waals surface area contributed by atoms with Gasteiger partial charge in [0.1, 0.15) is 0 Å². The molecule has 0 bridgehead atoms. The van der Waals surface area contributed by atoms with Gasteiger partial charge in [-0.25, -0.2) is 13.4 Å². The second-order valence-electron chi connectivity index (χ2n) is 7.51. The van der Waals surface area contributed by atoms with Gasteiger partial charge in [-0.15, -0.1) is 24.0 Å². The second kappa shape index (κ2) is 13.1. The number of sulfonamides is 1. The molecule has 0 amide bonds. The molecule has 1 aliphatic rings. The number of ether oxygens (including phenoxy) is 1. The maximum absolute atomic E-state index is 12.8. The van der Waals surface area contributed by atoms with E-state index in [1.165, 1.54) is 15.4 Å². The van der Waals surface area contributed by atoms with Crippen molar-refractivity contribution in [2.24, 2.45) is 4.99 Å². The molecule has 0 saturated carbocycles. The highest BCUT2D eigenvalue weighted by Crippen LogP contribution is 2.17. The van der Waals surface area contributed by atoms with Crippen molar-refractivity contribution in [1.82, 2.24) is 14.9 Å². The first kappa shape index (κ1) is 26.6. The Morgan fingerprint density at radius 3 is 2.28 bits per heavy atom. The molecule has 7 nitrogen and oxygen atoms in total. The van der Waals surface area contributed by atoms with Crippen molar-refractivity contribution in [3.05, 3.63) is 70.8 Å². The summed E-state index contributed by atoms with van der Waals surface area (Å²) in [4.78, 5) is 4.70. The summed E-state index contributed by atoms with van der Waals surface area (Å²) >= 11 is 0. The summed E-state index contributed by atoms with van der Waals surface area (Å²) in [5.41, 5.74) is 4.13. The van der Waals surface area contributed by atoms with E-state index < -0.39 is 10.0 Å². The van der Waals surface area contributed by atoms with Crippen LogP contribution in [0.4, 0.5) is 0 Å². The molecule has 2 aromatic carbocycles. The molecule has 0 aromatic heterocycles. The van der Waals surface area contributed by atoms with Crippen molar-refractivity contribution < 1.29 is 13.2 Å². The highest BCUT2D eigenvalue weighted by atomic mass is 127. The maximum atomic E-state index is 12.8. The number of nitrogens with one attached hydrogen (secondary N) is 2. The van der Waals surface area contributed by atoms with Crippen molar-refractivity contribution in [2.75, 3.05) is 32.8 Å². The van der Waals surface area contributed by atoms with Gasteiger partial charge < -0.3 is 15.4 Å². The minimum atomic E-state index is -3.39. The largest absolute Gasteiger partial charge is 0.379 e. The fraction of sp³-hybridized carbons (Fsp3) is 0.435. The van der Waals surface area contributed by atoms with Crippen LogP contribution in [0.5, 0.6) is 0 Å². The third kappa shape index (κ3) is 7.72. The molecule has 0 atom stereocenters. The molecule has 0 radical (unpaired) electrons.